The third-order valence-electron chi connectivity index (χ3n) is 2.20. The van der Waals surface area contributed by atoms with Crippen molar-refractivity contribution in [3.8, 4) is 0 Å². The van der Waals surface area contributed by atoms with Gasteiger partial charge in [0.2, 0.25) is 0 Å². The highest BCUT2D eigenvalue weighted by Gasteiger charge is 2.16. The quantitative estimate of drug-likeness (QED) is 0.764. The summed E-state index contributed by atoms with van der Waals surface area (Å²) < 4.78 is 4.97. The van der Waals surface area contributed by atoms with Crippen LogP contribution in [0.4, 0.5) is 0 Å². The van der Waals surface area contributed by atoms with Crippen molar-refractivity contribution in [2.45, 2.75) is 25.5 Å². The SMILES string of the molecule is Cl.N[C@@H](CCC(=O)O)C(=O)OCc1ccccc1. The predicted octanol–water partition coefficient (Wildman–Crippen LogP) is 1.34. The number of benzene rings is 1. The van der Waals surface area contributed by atoms with Gasteiger partial charge in [0.1, 0.15) is 12.6 Å². The van der Waals surface area contributed by atoms with Crippen molar-refractivity contribution in [3.05, 3.63) is 35.9 Å². The fourth-order valence-corrected chi connectivity index (χ4v) is 1.23. The molecule has 1 atom stereocenters. The van der Waals surface area contributed by atoms with E-state index in [9.17, 15) is 9.59 Å². The maximum Gasteiger partial charge on any atom is 0.323 e. The minimum Gasteiger partial charge on any atom is -0.481 e. The van der Waals surface area contributed by atoms with E-state index < -0.39 is 18.0 Å². The van der Waals surface area contributed by atoms with E-state index in [-0.39, 0.29) is 31.9 Å². The van der Waals surface area contributed by atoms with Crippen LogP contribution in [0.5, 0.6) is 0 Å². The van der Waals surface area contributed by atoms with E-state index >= 15 is 0 Å². The molecule has 6 heteroatoms. The molecular formula is C12H16ClNO4. The van der Waals surface area contributed by atoms with Gasteiger partial charge < -0.3 is 15.6 Å². The molecule has 0 aromatic heterocycles. The van der Waals surface area contributed by atoms with Crippen molar-refractivity contribution in [1.29, 1.82) is 0 Å². The lowest BCUT2D eigenvalue weighted by atomic mass is 10.2. The first kappa shape index (κ1) is 16.4. The standard InChI is InChI=1S/C12H15NO4.ClH/c13-10(6-7-11(14)15)12(16)17-8-9-4-2-1-3-5-9;/h1-5,10H,6-8,13H2,(H,14,15);1H/t10-;/m0./s1. The van der Waals surface area contributed by atoms with Crippen molar-refractivity contribution in [2.24, 2.45) is 5.73 Å². The molecule has 1 aromatic carbocycles. The van der Waals surface area contributed by atoms with E-state index in [0.717, 1.165) is 5.56 Å². The van der Waals surface area contributed by atoms with E-state index in [1.165, 1.54) is 0 Å². The predicted molar refractivity (Wildman–Crippen MR) is 68.3 cm³/mol. The molecule has 18 heavy (non-hydrogen) atoms. The molecule has 0 heterocycles. The van der Waals surface area contributed by atoms with E-state index in [1.54, 1.807) is 0 Å². The number of carbonyl (C=O) groups excluding carboxylic acids is 1. The molecule has 100 valence electrons. The Morgan fingerprint density at radius 2 is 1.89 bits per heavy atom. The zero-order valence-electron chi connectivity index (χ0n) is 9.74. The fourth-order valence-electron chi connectivity index (χ4n) is 1.23. The summed E-state index contributed by atoms with van der Waals surface area (Å²) in [6.07, 6.45) is -0.0510. The van der Waals surface area contributed by atoms with Crippen molar-refractivity contribution in [2.75, 3.05) is 0 Å². The second-order valence-corrected chi connectivity index (χ2v) is 3.63. The summed E-state index contributed by atoms with van der Waals surface area (Å²) in [5.74, 6) is -1.55. The molecule has 1 aromatic rings. The third-order valence-corrected chi connectivity index (χ3v) is 2.20. The molecule has 0 aliphatic carbocycles. The largest absolute Gasteiger partial charge is 0.481 e. The Hall–Kier alpha value is -1.59. The van der Waals surface area contributed by atoms with Crippen LogP contribution in [-0.2, 0) is 20.9 Å². The zero-order chi connectivity index (χ0) is 12.7. The Bertz CT molecular complexity index is 383. The molecule has 5 nitrogen and oxygen atoms in total. The van der Waals surface area contributed by atoms with Gasteiger partial charge in [-0.25, -0.2) is 0 Å². The molecule has 0 aliphatic rings. The van der Waals surface area contributed by atoms with Gasteiger partial charge in [0.05, 0.1) is 0 Å². The van der Waals surface area contributed by atoms with E-state index in [1.807, 2.05) is 30.3 Å². The number of halogens is 1. The molecule has 0 saturated heterocycles. The molecule has 0 saturated carbocycles. The van der Waals surface area contributed by atoms with Crippen LogP contribution in [0.25, 0.3) is 0 Å². The Kier molecular flexibility index (Phi) is 7.74. The van der Waals surface area contributed by atoms with Crippen LogP contribution in [0.1, 0.15) is 18.4 Å². The van der Waals surface area contributed by atoms with E-state index in [2.05, 4.69) is 0 Å². The Balaban J connectivity index is 0.00000289. The fraction of sp³-hybridized carbons (Fsp3) is 0.333. The number of aliphatic carboxylic acids is 1. The molecule has 0 unspecified atom stereocenters. The molecule has 0 spiro atoms. The van der Waals surface area contributed by atoms with Crippen molar-refractivity contribution < 1.29 is 19.4 Å². The van der Waals surface area contributed by atoms with Crippen LogP contribution in [0.2, 0.25) is 0 Å². The third kappa shape index (κ3) is 6.22. The number of rotatable bonds is 6. The minimum atomic E-state index is -0.976. The minimum absolute atomic E-state index is 0. The maximum atomic E-state index is 11.4. The summed E-state index contributed by atoms with van der Waals surface area (Å²) in [4.78, 5) is 21.7. The number of carbonyl (C=O) groups is 2. The zero-order valence-corrected chi connectivity index (χ0v) is 10.6. The molecule has 0 amide bonds. The normalized spacial score (nSPS) is 11.2. The van der Waals surface area contributed by atoms with Gasteiger partial charge in [-0.1, -0.05) is 30.3 Å². The highest BCUT2D eigenvalue weighted by atomic mass is 35.5. The lowest BCUT2D eigenvalue weighted by molar-refractivity contribution is -0.147. The molecular weight excluding hydrogens is 258 g/mol. The summed E-state index contributed by atoms with van der Waals surface area (Å²) in [6, 6.07) is 8.33. The molecule has 0 radical (unpaired) electrons. The number of carboxylic acid groups (broad SMARTS) is 1. The van der Waals surface area contributed by atoms with Gasteiger partial charge in [0, 0.05) is 6.42 Å². The first-order chi connectivity index (χ1) is 8.09. The second kappa shape index (κ2) is 8.49. The summed E-state index contributed by atoms with van der Waals surface area (Å²) in [5.41, 5.74) is 6.36. The average Bonchev–Trinajstić information content (AvgIpc) is 2.34. The first-order valence-electron chi connectivity index (χ1n) is 5.27. The topological polar surface area (TPSA) is 89.6 Å². The number of hydrogen-bond acceptors (Lipinski definition) is 4. The summed E-state index contributed by atoms with van der Waals surface area (Å²) in [7, 11) is 0. The van der Waals surface area contributed by atoms with Gasteiger partial charge in [-0.15, -0.1) is 12.4 Å². The lowest BCUT2D eigenvalue weighted by Crippen LogP contribution is -2.32. The number of esters is 1. The second-order valence-electron chi connectivity index (χ2n) is 3.63. The lowest BCUT2D eigenvalue weighted by Gasteiger charge is -2.10. The summed E-state index contributed by atoms with van der Waals surface area (Å²) >= 11 is 0. The Labute approximate surface area is 111 Å². The molecule has 0 fully saturated rings. The van der Waals surface area contributed by atoms with Gasteiger partial charge in [0.25, 0.3) is 0 Å². The smallest absolute Gasteiger partial charge is 0.323 e. The van der Waals surface area contributed by atoms with Gasteiger partial charge >= 0.3 is 11.9 Å². The number of carboxylic acids is 1. The van der Waals surface area contributed by atoms with E-state index in [0.29, 0.717) is 0 Å². The Morgan fingerprint density at radius 3 is 2.44 bits per heavy atom. The van der Waals surface area contributed by atoms with Gasteiger partial charge in [-0.05, 0) is 12.0 Å². The van der Waals surface area contributed by atoms with Gasteiger partial charge in [-0.3, -0.25) is 9.59 Å². The van der Waals surface area contributed by atoms with Gasteiger partial charge in [-0.2, -0.15) is 0 Å². The van der Waals surface area contributed by atoms with Crippen LogP contribution in [0.15, 0.2) is 30.3 Å². The van der Waals surface area contributed by atoms with Crippen molar-refractivity contribution in [3.63, 3.8) is 0 Å². The van der Waals surface area contributed by atoms with Crippen LogP contribution in [0.3, 0.4) is 0 Å². The molecule has 1 rings (SSSR count). The average molecular weight is 274 g/mol. The summed E-state index contributed by atoms with van der Waals surface area (Å²) in [6.45, 7) is 0.153. The van der Waals surface area contributed by atoms with Crippen molar-refractivity contribution >= 4 is 24.3 Å². The molecule has 0 bridgehead atoms. The first-order valence-corrected chi connectivity index (χ1v) is 5.27. The maximum absolute atomic E-state index is 11.4. The van der Waals surface area contributed by atoms with E-state index in [4.69, 9.17) is 15.6 Å². The monoisotopic (exact) mass is 273 g/mol. The number of nitrogens with two attached hydrogens (primary N) is 1. The number of hydrogen-bond donors (Lipinski definition) is 2. The van der Waals surface area contributed by atoms with Crippen LogP contribution >= 0.6 is 12.4 Å². The Morgan fingerprint density at radius 1 is 1.28 bits per heavy atom. The van der Waals surface area contributed by atoms with Crippen LogP contribution in [-0.4, -0.2) is 23.1 Å². The van der Waals surface area contributed by atoms with Crippen LogP contribution < -0.4 is 5.73 Å². The molecule has 0 aliphatic heterocycles. The molecule has 3 N–H and O–H groups in total. The van der Waals surface area contributed by atoms with Gasteiger partial charge in [0.15, 0.2) is 0 Å². The number of ether oxygens (including phenoxy) is 1. The van der Waals surface area contributed by atoms with Crippen molar-refractivity contribution in [1.82, 2.24) is 0 Å². The van der Waals surface area contributed by atoms with Crippen LogP contribution in [0, 0.1) is 0 Å². The highest BCUT2D eigenvalue weighted by molar-refractivity contribution is 5.85. The highest BCUT2D eigenvalue weighted by Crippen LogP contribution is 2.03. The summed E-state index contributed by atoms with van der Waals surface area (Å²) in [5, 5.41) is 8.44.